The van der Waals surface area contributed by atoms with E-state index < -0.39 is 0 Å². The van der Waals surface area contributed by atoms with Crippen molar-refractivity contribution in [2.75, 3.05) is 93.1 Å². The number of esters is 4. The first-order chi connectivity index (χ1) is 15.2. The zero-order valence-corrected chi connectivity index (χ0v) is 19.5. The monoisotopic (exact) mass is 460 g/mol. The molecule has 1 rings (SSSR count). The van der Waals surface area contributed by atoms with E-state index in [9.17, 15) is 19.2 Å². The van der Waals surface area contributed by atoms with E-state index in [0.717, 1.165) is 0 Å². The van der Waals surface area contributed by atoms with Gasteiger partial charge in [-0.3, -0.25) is 38.8 Å². The lowest BCUT2D eigenvalue weighted by molar-refractivity contribution is -0.149. The molecule has 0 saturated carbocycles. The Morgan fingerprint density at radius 2 is 0.844 bits per heavy atom. The molecule has 0 aromatic carbocycles. The lowest BCUT2D eigenvalue weighted by Crippen LogP contribution is -2.48. The van der Waals surface area contributed by atoms with Crippen LogP contribution in [-0.2, 0) is 38.1 Å². The van der Waals surface area contributed by atoms with Gasteiger partial charge in [0, 0.05) is 66.2 Å². The fourth-order valence-electron chi connectivity index (χ4n) is 3.01. The van der Waals surface area contributed by atoms with Gasteiger partial charge in [0.2, 0.25) is 0 Å². The molecule has 0 aliphatic carbocycles. The first-order valence-electron chi connectivity index (χ1n) is 10.5. The van der Waals surface area contributed by atoms with Gasteiger partial charge in [0.25, 0.3) is 0 Å². The zero-order valence-electron chi connectivity index (χ0n) is 19.5. The minimum atomic E-state index is -0.377. The van der Waals surface area contributed by atoms with E-state index in [-0.39, 0.29) is 50.4 Å². The molecule has 0 aromatic heterocycles. The SMILES string of the molecule is COC(=O)CN1CCN(COC(C)=O)CCN(COC(C)=O)CCN(CC(=O)OC)CC1. The Kier molecular flexibility index (Phi) is 13.5. The van der Waals surface area contributed by atoms with E-state index in [2.05, 4.69) is 0 Å². The van der Waals surface area contributed by atoms with E-state index in [0.29, 0.717) is 52.4 Å². The van der Waals surface area contributed by atoms with Crippen molar-refractivity contribution in [2.24, 2.45) is 0 Å². The van der Waals surface area contributed by atoms with Gasteiger partial charge in [-0.1, -0.05) is 0 Å². The van der Waals surface area contributed by atoms with E-state index in [1.54, 1.807) is 0 Å². The molecule has 0 bridgehead atoms. The van der Waals surface area contributed by atoms with Gasteiger partial charge in [-0.2, -0.15) is 0 Å². The second kappa shape index (κ2) is 15.5. The molecule has 0 atom stereocenters. The van der Waals surface area contributed by atoms with Crippen molar-refractivity contribution in [1.29, 1.82) is 0 Å². The van der Waals surface area contributed by atoms with Crippen LogP contribution in [0.3, 0.4) is 0 Å². The number of hydrogen-bond donors (Lipinski definition) is 0. The largest absolute Gasteiger partial charge is 0.468 e. The molecule has 0 amide bonds. The third-order valence-electron chi connectivity index (χ3n) is 4.99. The van der Waals surface area contributed by atoms with Crippen LogP contribution in [0.4, 0.5) is 0 Å². The van der Waals surface area contributed by atoms with Gasteiger partial charge in [-0.15, -0.1) is 0 Å². The van der Waals surface area contributed by atoms with Gasteiger partial charge in [0.15, 0.2) is 0 Å². The Balaban J connectivity index is 2.93. The quantitative estimate of drug-likeness (QED) is 0.313. The van der Waals surface area contributed by atoms with Gasteiger partial charge < -0.3 is 18.9 Å². The fraction of sp³-hybridized carbons (Fsp3) is 0.800. The molecule has 184 valence electrons. The molecular formula is C20H36N4O8. The van der Waals surface area contributed by atoms with Crippen LogP contribution in [0.25, 0.3) is 0 Å². The van der Waals surface area contributed by atoms with Crippen molar-refractivity contribution < 1.29 is 38.1 Å². The second-order valence-electron chi connectivity index (χ2n) is 7.47. The molecule has 1 aliphatic heterocycles. The number of carbonyl (C=O) groups is 4. The summed E-state index contributed by atoms with van der Waals surface area (Å²) in [6.45, 7) is 7.49. The van der Waals surface area contributed by atoms with Crippen LogP contribution in [0.15, 0.2) is 0 Å². The third-order valence-corrected chi connectivity index (χ3v) is 4.99. The van der Waals surface area contributed by atoms with Crippen LogP contribution in [0.1, 0.15) is 13.8 Å². The van der Waals surface area contributed by atoms with Crippen LogP contribution in [0.5, 0.6) is 0 Å². The average molecular weight is 461 g/mol. The van der Waals surface area contributed by atoms with Crippen LogP contribution < -0.4 is 0 Å². The number of nitrogens with zero attached hydrogens (tertiary/aromatic N) is 4. The van der Waals surface area contributed by atoms with Crippen LogP contribution in [0, 0.1) is 0 Å². The molecule has 1 aliphatic rings. The van der Waals surface area contributed by atoms with Crippen molar-refractivity contribution in [3.63, 3.8) is 0 Å². The number of methoxy groups -OCH3 is 2. The lowest BCUT2D eigenvalue weighted by atomic mass is 10.3. The number of carbonyl (C=O) groups excluding carboxylic acids is 4. The summed E-state index contributed by atoms with van der Waals surface area (Å²) in [6, 6.07) is 0. The Morgan fingerprint density at radius 3 is 1.09 bits per heavy atom. The Labute approximate surface area is 189 Å². The molecule has 1 heterocycles. The van der Waals surface area contributed by atoms with Crippen LogP contribution >= 0.6 is 0 Å². The Hall–Kier alpha value is -2.28. The summed E-state index contributed by atoms with van der Waals surface area (Å²) in [6.07, 6.45) is 0. The fourth-order valence-corrected chi connectivity index (χ4v) is 3.01. The highest BCUT2D eigenvalue weighted by molar-refractivity contribution is 5.72. The molecule has 32 heavy (non-hydrogen) atoms. The first kappa shape index (κ1) is 27.8. The van der Waals surface area contributed by atoms with Gasteiger partial charge >= 0.3 is 23.9 Å². The van der Waals surface area contributed by atoms with Gasteiger partial charge in [-0.05, 0) is 0 Å². The highest BCUT2D eigenvalue weighted by Gasteiger charge is 2.20. The topological polar surface area (TPSA) is 118 Å². The number of rotatable bonds is 8. The molecule has 1 fully saturated rings. The molecule has 12 heteroatoms. The molecule has 0 N–H and O–H groups in total. The number of ether oxygens (including phenoxy) is 4. The molecule has 1 saturated heterocycles. The van der Waals surface area contributed by atoms with Crippen molar-refractivity contribution in [2.45, 2.75) is 13.8 Å². The van der Waals surface area contributed by atoms with Gasteiger partial charge in [0.05, 0.1) is 27.3 Å². The zero-order chi connectivity index (χ0) is 23.9. The summed E-state index contributed by atoms with van der Waals surface area (Å²) < 4.78 is 19.9. The Bertz CT molecular complexity index is 566. The number of hydrogen-bond acceptors (Lipinski definition) is 12. The molecule has 0 aromatic rings. The van der Waals surface area contributed by atoms with Crippen molar-refractivity contribution in [3.8, 4) is 0 Å². The van der Waals surface area contributed by atoms with Gasteiger partial charge in [0.1, 0.15) is 13.5 Å². The maximum atomic E-state index is 11.8. The van der Waals surface area contributed by atoms with E-state index in [1.807, 2.05) is 19.6 Å². The standard InChI is InChI=1S/C20H36N4O8/c1-17(25)31-15-23-9-7-21(13-19(27)29-3)5-6-22(14-20(28)30-4)8-10-24(12-11-23)16-32-18(2)26/h5-16H2,1-4H3. The highest BCUT2D eigenvalue weighted by Crippen LogP contribution is 2.02. The summed E-state index contributed by atoms with van der Waals surface area (Å²) in [7, 11) is 2.68. The molecule has 0 spiro atoms. The van der Waals surface area contributed by atoms with Crippen molar-refractivity contribution >= 4 is 23.9 Å². The highest BCUT2D eigenvalue weighted by atomic mass is 16.5. The molecule has 0 radical (unpaired) electrons. The van der Waals surface area contributed by atoms with Gasteiger partial charge in [-0.25, -0.2) is 0 Å². The predicted molar refractivity (Wildman–Crippen MR) is 113 cm³/mol. The van der Waals surface area contributed by atoms with Crippen LogP contribution in [-0.4, -0.2) is 137 Å². The van der Waals surface area contributed by atoms with Crippen molar-refractivity contribution in [3.05, 3.63) is 0 Å². The van der Waals surface area contributed by atoms with E-state index in [1.165, 1.54) is 28.1 Å². The minimum Gasteiger partial charge on any atom is -0.468 e. The summed E-state index contributed by atoms with van der Waals surface area (Å²) in [5, 5.41) is 0. The predicted octanol–water partition coefficient (Wildman–Crippen LogP) is -1.40. The third kappa shape index (κ3) is 12.5. The van der Waals surface area contributed by atoms with E-state index >= 15 is 0 Å². The molecule has 0 unspecified atom stereocenters. The second-order valence-corrected chi connectivity index (χ2v) is 7.47. The smallest absolute Gasteiger partial charge is 0.319 e. The van der Waals surface area contributed by atoms with Crippen LogP contribution in [0.2, 0.25) is 0 Å². The average Bonchev–Trinajstić information content (AvgIpc) is 2.75. The van der Waals surface area contributed by atoms with E-state index in [4.69, 9.17) is 18.9 Å². The first-order valence-corrected chi connectivity index (χ1v) is 10.5. The maximum absolute atomic E-state index is 11.8. The summed E-state index contributed by atoms with van der Waals surface area (Å²) >= 11 is 0. The summed E-state index contributed by atoms with van der Waals surface area (Å²) in [5.41, 5.74) is 0. The lowest BCUT2D eigenvalue weighted by Gasteiger charge is -2.33. The molecule has 12 nitrogen and oxygen atoms in total. The van der Waals surface area contributed by atoms with Crippen molar-refractivity contribution in [1.82, 2.24) is 19.6 Å². The molecular weight excluding hydrogens is 424 g/mol. The Morgan fingerprint density at radius 1 is 0.562 bits per heavy atom. The normalized spacial score (nSPS) is 18.1. The maximum Gasteiger partial charge on any atom is 0.319 e. The summed E-state index contributed by atoms with van der Waals surface area (Å²) in [5.74, 6) is -1.46. The summed E-state index contributed by atoms with van der Waals surface area (Å²) in [4.78, 5) is 54.0. The minimum absolute atomic E-state index is 0.114.